The molecule has 4 nitrogen and oxygen atoms in total. The molecule has 0 aliphatic rings. The van der Waals surface area contributed by atoms with Crippen molar-refractivity contribution in [3.05, 3.63) is 60.4 Å². The molecule has 0 aliphatic carbocycles. The molecule has 1 heterocycles. The van der Waals surface area contributed by atoms with Crippen molar-refractivity contribution in [1.29, 1.82) is 0 Å². The third kappa shape index (κ3) is 2.65. The van der Waals surface area contributed by atoms with Gasteiger partial charge in [-0.1, -0.05) is 42.5 Å². The summed E-state index contributed by atoms with van der Waals surface area (Å²) in [6.07, 6.45) is 3.68. The summed E-state index contributed by atoms with van der Waals surface area (Å²) in [5.41, 5.74) is 2.23. The van der Waals surface area contributed by atoms with Gasteiger partial charge in [0.25, 0.3) is 0 Å². The first kappa shape index (κ1) is 12.7. The molecule has 20 heavy (non-hydrogen) atoms. The lowest BCUT2D eigenvalue weighted by molar-refractivity contribution is 0.269. The zero-order valence-electron chi connectivity index (χ0n) is 11.2. The third-order valence-corrected chi connectivity index (χ3v) is 3.33. The summed E-state index contributed by atoms with van der Waals surface area (Å²) in [6, 6.07) is 14.7. The normalized spacial score (nSPS) is 10.8. The molecule has 0 atom stereocenters. The van der Waals surface area contributed by atoms with E-state index in [0.717, 1.165) is 12.2 Å². The van der Waals surface area contributed by atoms with E-state index in [1.807, 2.05) is 6.20 Å². The van der Waals surface area contributed by atoms with Crippen LogP contribution in [0.15, 0.2) is 54.9 Å². The molecule has 1 aromatic heterocycles. The Balaban J connectivity index is 1.76. The maximum atomic E-state index is 8.87. The Labute approximate surface area is 117 Å². The summed E-state index contributed by atoms with van der Waals surface area (Å²) in [4.78, 5) is 0. The molecule has 0 radical (unpaired) electrons. The number of nitrogens with one attached hydrogen (secondary N) is 1. The van der Waals surface area contributed by atoms with Gasteiger partial charge in [-0.3, -0.25) is 4.68 Å². The predicted molar refractivity (Wildman–Crippen MR) is 80.6 cm³/mol. The minimum absolute atomic E-state index is 0.102. The Morgan fingerprint density at radius 3 is 2.85 bits per heavy atom. The summed E-state index contributed by atoms with van der Waals surface area (Å²) in [6.45, 7) is 1.38. The van der Waals surface area contributed by atoms with E-state index in [2.05, 4.69) is 52.9 Å². The number of aliphatic hydroxyl groups is 1. The maximum absolute atomic E-state index is 8.87. The molecule has 0 unspecified atom stereocenters. The molecule has 3 aromatic rings. The first-order valence-corrected chi connectivity index (χ1v) is 6.70. The monoisotopic (exact) mass is 267 g/mol. The Kier molecular flexibility index (Phi) is 3.65. The van der Waals surface area contributed by atoms with E-state index >= 15 is 0 Å². The van der Waals surface area contributed by atoms with E-state index in [-0.39, 0.29) is 6.61 Å². The first-order chi connectivity index (χ1) is 9.86. The van der Waals surface area contributed by atoms with Gasteiger partial charge in [0.1, 0.15) is 0 Å². The second-order valence-corrected chi connectivity index (χ2v) is 4.71. The molecule has 0 saturated heterocycles. The molecule has 0 amide bonds. The molecule has 0 saturated carbocycles. The minimum atomic E-state index is 0.102. The molecule has 3 rings (SSSR count). The van der Waals surface area contributed by atoms with Gasteiger partial charge in [0.15, 0.2) is 0 Å². The highest BCUT2D eigenvalue weighted by atomic mass is 16.3. The van der Waals surface area contributed by atoms with E-state index < -0.39 is 0 Å². The van der Waals surface area contributed by atoms with Crippen molar-refractivity contribution >= 4 is 16.5 Å². The highest BCUT2D eigenvalue weighted by Gasteiger charge is 2.01. The number of nitrogens with zero attached hydrogens (tertiary/aromatic N) is 2. The van der Waals surface area contributed by atoms with Crippen LogP contribution >= 0.6 is 0 Å². The van der Waals surface area contributed by atoms with Crippen molar-refractivity contribution < 1.29 is 5.11 Å². The van der Waals surface area contributed by atoms with E-state index in [1.54, 1.807) is 10.9 Å². The molecular weight excluding hydrogens is 250 g/mol. The molecule has 0 bridgehead atoms. The van der Waals surface area contributed by atoms with Crippen molar-refractivity contribution in [3.8, 4) is 0 Å². The topological polar surface area (TPSA) is 50.1 Å². The van der Waals surface area contributed by atoms with Gasteiger partial charge in [-0.05, 0) is 16.3 Å². The van der Waals surface area contributed by atoms with Crippen molar-refractivity contribution in [2.24, 2.45) is 0 Å². The van der Waals surface area contributed by atoms with Crippen molar-refractivity contribution in [3.63, 3.8) is 0 Å². The van der Waals surface area contributed by atoms with Crippen LogP contribution in [-0.2, 0) is 13.1 Å². The lowest BCUT2D eigenvalue weighted by Gasteiger charge is -2.07. The lowest BCUT2D eigenvalue weighted by Crippen LogP contribution is -2.02. The molecule has 2 aromatic carbocycles. The summed E-state index contributed by atoms with van der Waals surface area (Å²) < 4.78 is 1.73. The SMILES string of the molecule is OCCn1cc(NCc2cccc3ccccc23)cn1. The number of aliphatic hydroxyl groups excluding tert-OH is 1. The van der Waals surface area contributed by atoms with Crippen molar-refractivity contribution in [2.75, 3.05) is 11.9 Å². The fourth-order valence-corrected chi connectivity index (χ4v) is 2.32. The van der Waals surface area contributed by atoms with Gasteiger partial charge in [0.2, 0.25) is 0 Å². The van der Waals surface area contributed by atoms with E-state index in [9.17, 15) is 0 Å². The average molecular weight is 267 g/mol. The largest absolute Gasteiger partial charge is 0.394 e. The van der Waals surface area contributed by atoms with Gasteiger partial charge in [0.05, 0.1) is 25.0 Å². The summed E-state index contributed by atoms with van der Waals surface area (Å²) in [5, 5.41) is 18.9. The highest BCUT2D eigenvalue weighted by molar-refractivity contribution is 5.85. The van der Waals surface area contributed by atoms with Gasteiger partial charge in [-0.2, -0.15) is 5.10 Å². The number of hydrogen-bond donors (Lipinski definition) is 2. The van der Waals surface area contributed by atoms with Crippen LogP contribution in [0.3, 0.4) is 0 Å². The standard InChI is InChI=1S/C16H17N3O/c20-9-8-19-12-15(11-18-19)17-10-14-6-3-5-13-4-1-2-7-16(13)14/h1-7,11-12,17,20H,8-10H2. The Bertz CT molecular complexity index is 700. The van der Waals surface area contributed by atoms with Gasteiger partial charge < -0.3 is 10.4 Å². The number of fused-ring (bicyclic) bond motifs is 1. The molecule has 102 valence electrons. The van der Waals surface area contributed by atoms with Crippen LogP contribution in [0, 0.1) is 0 Å². The zero-order chi connectivity index (χ0) is 13.8. The molecule has 4 heteroatoms. The van der Waals surface area contributed by atoms with E-state index in [1.165, 1.54) is 16.3 Å². The van der Waals surface area contributed by atoms with Crippen LogP contribution in [0.5, 0.6) is 0 Å². The number of benzene rings is 2. The van der Waals surface area contributed by atoms with Crippen LogP contribution in [0.4, 0.5) is 5.69 Å². The molecule has 0 fully saturated rings. The Hall–Kier alpha value is -2.33. The number of rotatable bonds is 5. The quantitative estimate of drug-likeness (QED) is 0.747. The fourth-order valence-electron chi connectivity index (χ4n) is 2.32. The maximum Gasteiger partial charge on any atom is 0.0729 e. The highest BCUT2D eigenvalue weighted by Crippen LogP contribution is 2.19. The summed E-state index contributed by atoms with van der Waals surface area (Å²) in [5.74, 6) is 0. The second-order valence-electron chi connectivity index (χ2n) is 4.71. The molecule has 0 aliphatic heterocycles. The molecule has 0 spiro atoms. The predicted octanol–water partition coefficient (Wildman–Crippen LogP) is 2.64. The van der Waals surface area contributed by atoms with Crippen molar-refractivity contribution in [1.82, 2.24) is 9.78 Å². The molecule has 2 N–H and O–H groups in total. The average Bonchev–Trinajstić information content (AvgIpc) is 2.93. The van der Waals surface area contributed by atoms with Crippen LogP contribution in [-0.4, -0.2) is 21.5 Å². The zero-order valence-corrected chi connectivity index (χ0v) is 11.2. The van der Waals surface area contributed by atoms with Crippen LogP contribution < -0.4 is 5.32 Å². The van der Waals surface area contributed by atoms with Crippen LogP contribution in [0.1, 0.15) is 5.56 Å². The second kappa shape index (κ2) is 5.75. The number of hydrogen-bond acceptors (Lipinski definition) is 3. The third-order valence-electron chi connectivity index (χ3n) is 3.33. The van der Waals surface area contributed by atoms with Gasteiger partial charge in [-0.15, -0.1) is 0 Å². The van der Waals surface area contributed by atoms with Crippen LogP contribution in [0.2, 0.25) is 0 Å². The molecular formula is C16H17N3O. The summed E-state index contributed by atoms with van der Waals surface area (Å²) >= 11 is 0. The van der Waals surface area contributed by atoms with Crippen LogP contribution in [0.25, 0.3) is 10.8 Å². The first-order valence-electron chi connectivity index (χ1n) is 6.70. The minimum Gasteiger partial charge on any atom is -0.394 e. The van der Waals surface area contributed by atoms with E-state index in [4.69, 9.17) is 5.11 Å². The Morgan fingerprint density at radius 2 is 1.95 bits per heavy atom. The van der Waals surface area contributed by atoms with Crippen molar-refractivity contribution in [2.45, 2.75) is 13.1 Å². The van der Waals surface area contributed by atoms with Gasteiger partial charge in [0, 0.05) is 12.7 Å². The van der Waals surface area contributed by atoms with Gasteiger partial charge >= 0.3 is 0 Å². The smallest absolute Gasteiger partial charge is 0.0729 e. The number of anilines is 1. The lowest BCUT2D eigenvalue weighted by atomic mass is 10.0. The van der Waals surface area contributed by atoms with Gasteiger partial charge in [-0.25, -0.2) is 0 Å². The fraction of sp³-hybridized carbons (Fsp3) is 0.188. The van der Waals surface area contributed by atoms with E-state index in [0.29, 0.717) is 6.54 Å². The Morgan fingerprint density at radius 1 is 1.10 bits per heavy atom. The number of aromatic nitrogens is 2. The summed E-state index contributed by atoms with van der Waals surface area (Å²) in [7, 11) is 0.